The monoisotopic (exact) mass is 347 g/mol. The first-order chi connectivity index (χ1) is 11.3. The van der Waals surface area contributed by atoms with Crippen molar-refractivity contribution in [3.8, 4) is 11.1 Å². The van der Waals surface area contributed by atoms with Gasteiger partial charge in [0.05, 0.1) is 18.1 Å². The summed E-state index contributed by atoms with van der Waals surface area (Å²) in [5.74, 6) is 0.580. The highest BCUT2D eigenvalue weighted by Gasteiger charge is 2.22. The fourth-order valence-corrected chi connectivity index (χ4v) is 3.24. The Morgan fingerprint density at radius 2 is 2.00 bits per heavy atom. The Labute approximate surface area is 139 Å². The quantitative estimate of drug-likeness (QED) is 0.869. The maximum atomic E-state index is 11.5. The van der Waals surface area contributed by atoms with Gasteiger partial charge in [-0.1, -0.05) is 0 Å². The topological polar surface area (TPSA) is 118 Å². The number of hydrogen-bond acceptors (Lipinski definition) is 5. The maximum absolute atomic E-state index is 11.5. The minimum absolute atomic E-state index is 0.381. The molecule has 1 aliphatic heterocycles. The van der Waals surface area contributed by atoms with E-state index in [1.165, 1.54) is 11.1 Å². The highest BCUT2D eigenvalue weighted by Crippen LogP contribution is 2.29. The van der Waals surface area contributed by atoms with Crippen LogP contribution in [0.15, 0.2) is 30.7 Å². The van der Waals surface area contributed by atoms with E-state index < -0.39 is 16.1 Å². The van der Waals surface area contributed by atoms with Crippen molar-refractivity contribution in [3.05, 3.63) is 36.3 Å². The summed E-state index contributed by atoms with van der Waals surface area (Å²) >= 11 is 0. The number of nitrogens with two attached hydrogens (primary N) is 1. The summed E-state index contributed by atoms with van der Waals surface area (Å²) in [6.45, 7) is 0.560. The lowest BCUT2D eigenvalue weighted by molar-refractivity contribution is 0.253. The van der Waals surface area contributed by atoms with Crippen LogP contribution in [0.4, 0.5) is 16.3 Å². The zero-order valence-electron chi connectivity index (χ0n) is 13.1. The second-order valence-electron chi connectivity index (χ2n) is 5.64. The number of nitrogens with one attached hydrogen (secondary N) is 1. The highest BCUT2D eigenvalue weighted by molar-refractivity contribution is 7.92. The van der Waals surface area contributed by atoms with Crippen LogP contribution in [-0.4, -0.2) is 37.2 Å². The summed E-state index contributed by atoms with van der Waals surface area (Å²) in [5.41, 5.74) is 8.22. The summed E-state index contributed by atoms with van der Waals surface area (Å²) in [6.07, 6.45) is 7.39. The number of urea groups is 1. The smallest absolute Gasteiger partial charge is 0.320 e. The molecule has 8 nitrogen and oxygen atoms in total. The molecule has 2 amide bonds. The van der Waals surface area contributed by atoms with E-state index in [4.69, 9.17) is 5.73 Å². The van der Waals surface area contributed by atoms with Crippen LogP contribution in [0.3, 0.4) is 0 Å². The van der Waals surface area contributed by atoms with E-state index in [0.717, 1.165) is 35.8 Å². The molecule has 2 aromatic rings. The number of hydrogen-bond donors (Lipinski definition) is 2. The molecule has 24 heavy (non-hydrogen) atoms. The molecule has 0 bridgehead atoms. The lowest BCUT2D eigenvalue weighted by Crippen LogP contribution is -2.40. The number of amides is 2. The molecule has 3 heterocycles. The zero-order valence-corrected chi connectivity index (χ0v) is 13.9. The molecule has 3 N–H and O–H groups in total. The third-order valence-electron chi connectivity index (χ3n) is 3.67. The number of carbonyl (C=O) groups is 1. The lowest BCUT2D eigenvalue weighted by Gasteiger charge is -2.26. The number of aromatic nitrogens is 2. The molecule has 0 unspecified atom stereocenters. The van der Waals surface area contributed by atoms with Gasteiger partial charge in [-0.25, -0.2) is 18.2 Å². The van der Waals surface area contributed by atoms with Crippen LogP contribution in [0.2, 0.25) is 0 Å². The normalized spacial score (nSPS) is 14.1. The van der Waals surface area contributed by atoms with Gasteiger partial charge in [0.1, 0.15) is 5.82 Å². The number of rotatable bonds is 3. The van der Waals surface area contributed by atoms with Gasteiger partial charge < -0.3 is 5.73 Å². The third-order valence-corrected chi connectivity index (χ3v) is 4.27. The van der Waals surface area contributed by atoms with Crippen molar-refractivity contribution in [1.29, 1.82) is 0 Å². The first kappa shape index (κ1) is 16.2. The fourth-order valence-electron chi connectivity index (χ4n) is 2.70. The number of carbonyl (C=O) groups excluding carboxylic acids is 1. The van der Waals surface area contributed by atoms with E-state index in [1.54, 1.807) is 18.5 Å². The van der Waals surface area contributed by atoms with Crippen molar-refractivity contribution in [2.75, 3.05) is 22.4 Å². The molecule has 126 valence electrons. The third kappa shape index (κ3) is 3.46. The van der Waals surface area contributed by atoms with E-state index >= 15 is 0 Å². The summed E-state index contributed by atoms with van der Waals surface area (Å²) in [4.78, 5) is 21.4. The Morgan fingerprint density at radius 3 is 2.71 bits per heavy atom. The van der Waals surface area contributed by atoms with Gasteiger partial charge in [0.2, 0.25) is 10.0 Å². The van der Waals surface area contributed by atoms with Gasteiger partial charge in [0.15, 0.2) is 0 Å². The number of sulfonamides is 1. The Bertz CT molecular complexity index is 898. The van der Waals surface area contributed by atoms with Crippen molar-refractivity contribution in [2.45, 2.75) is 12.8 Å². The molecular weight excluding hydrogens is 330 g/mol. The van der Waals surface area contributed by atoms with E-state index in [2.05, 4.69) is 14.7 Å². The van der Waals surface area contributed by atoms with Crippen LogP contribution >= 0.6 is 0 Å². The predicted molar refractivity (Wildman–Crippen MR) is 91.2 cm³/mol. The molecule has 0 radical (unpaired) electrons. The second kappa shape index (κ2) is 6.08. The molecule has 0 spiro atoms. The van der Waals surface area contributed by atoms with Crippen LogP contribution < -0.4 is 15.4 Å². The largest absolute Gasteiger partial charge is 0.351 e. The molecule has 3 rings (SSSR count). The van der Waals surface area contributed by atoms with Crippen LogP contribution in [0.1, 0.15) is 12.0 Å². The predicted octanol–water partition coefficient (Wildman–Crippen LogP) is 1.35. The van der Waals surface area contributed by atoms with Crippen molar-refractivity contribution in [2.24, 2.45) is 5.73 Å². The zero-order chi connectivity index (χ0) is 17.3. The van der Waals surface area contributed by atoms with E-state index in [-0.39, 0.29) is 0 Å². The van der Waals surface area contributed by atoms with Gasteiger partial charge in [-0.05, 0) is 30.5 Å². The summed E-state index contributed by atoms with van der Waals surface area (Å²) in [7, 11) is -3.37. The molecule has 0 saturated carbocycles. The molecule has 0 aromatic carbocycles. The summed E-state index contributed by atoms with van der Waals surface area (Å²) in [5, 5.41) is 0. The standard InChI is InChI=1S/C15H17N5O3S/c1-24(22,23)19-13-6-12(7-17-9-13)11-5-10-3-2-4-20(15(16)21)14(10)18-8-11/h5-9,19H,2-4H2,1H3,(H2,16,21). The van der Waals surface area contributed by atoms with Crippen molar-refractivity contribution in [1.82, 2.24) is 9.97 Å². The van der Waals surface area contributed by atoms with Crippen molar-refractivity contribution >= 4 is 27.6 Å². The van der Waals surface area contributed by atoms with E-state index in [9.17, 15) is 13.2 Å². The van der Waals surface area contributed by atoms with Gasteiger partial charge in [-0.2, -0.15) is 0 Å². The molecule has 0 saturated heterocycles. The number of primary amides is 1. The number of aryl methyl sites for hydroxylation is 1. The van der Waals surface area contributed by atoms with E-state index in [1.807, 2.05) is 6.07 Å². The van der Waals surface area contributed by atoms with Crippen LogP contribution in [0, 0.1) is 0 Å². The van der Waals surface area contributed by atoms with E-state index in [0.29, 0.717) is 18.1 Å². The number of pyridine rings is 2. The first-order valence-corrected chi connectivity index (χ1v) is 9.22. The van der Waals surface area contributed by atoms with Crippen molar-refractivity contribution in [3.63, 3.8) is 0 Å². The van der Waals surface area contributed by atoms with Crippen LogP contribution in [-0.2, 0) is 16.4 Å². The molecule has 1 aliphatic rings. The lowest BCUT2D eigenvalue weighted by atomic mass is 10.0. The second-order valence-corrected chi connectivity index (χ2v) is 7.39. The number of nitrogens with zero attached hydrogens (tertiary/aromatic N) is 3. The molecule has 9 heteroatoms. The van der Waals surface area contributed by atoms with Crippen molar-refractivity contribution < 1.29 is 13.2 Å². The Hall–Kier alpha value is -2.68. The van der Waals surface area contributed by atoms with Gasteiger partial charge in [0.25, 0.3) is 0 Å². The molecule has 2 aromatic heterocycles. The fraction of sp³-hybridized carbons (Fsp3) is 0.267. The Balaban J connectivity index is 1.97. The summed E-state index contributed by atoms with van der Waals surface area (Å²) < 4.78 is 25.1. The van der Waals surface area contributed by atoms with Crippen LogP contribution in [0.25, 0.3) is 11.1 Å². The van der Waals surface area contributed by atoms with Gasteiger partial charge in [0, 0.05) is 30.1 Å². The average molecular weight is 347 g/mol. The SMILES string of the molecule is CS(=O)(=O)Nc1cncc(-c2cnc3c(c2)CCCN3C(N)=O)c1. The van der Waals surface area contributed by atoms with Crippen LogP contribution in [0.5, 0.6) is 0 Å². The average Bonchev–Trinajstić information content (AvgIpc) is 2.52. The minimum Gasteiger partial charge on any atom is -0.351 e. The molecule has 0 fully saturated rings. The van der Waals surface area contributed by atoms with Gasteiger partial charge in [-0.15, -0.1) is 0 Å². The number of anilines is 2. The van der Waals surface area contributed by atoms with Gasteiger partial charge >= 0.3 is 6.03 Å². The highest BCUT2D eigenvalue weighted by atomic mass is 32.2. The maximum Gasteiger partial charge on any atom is 0.320 e. The van der Waals surface area contributed by atoms with Gasteiger partial charge in [-0.3, -0.25) is 14.6 Å². The molecule has 0 atom stereocenters. The first-order valence-electron chi connectivity index (χ1n) is 7.32. The molecule has 0 aliphatic carbocycles. The summed E-state index contributed by atoms with van der Waals surface area (Å²) in [6, 6.07) is 3.10. The Kier molecular flexibility index (Phi) is 4.10. The Morgan fingerprint density at radius 1 is 1.25 bits per heavy atom. The molecular formula is C15H17N5O3S. The minimum atomic E-state index is -3.37. The number of fused-ring (bicyclic) bond motifs is 1.